The second-order valence-corrected chi connectivity index (χ2v) is 5.66. The second kappa shape index (κ2) is 6.19. The van der Waals surface area contributed by atoms with E-state index in [0.717, 1.165) is 16.7 Å². The molecule has 0 aliphatic carbocycles. The summed E-state index contributed by atoms with van der Waals surface area (Å²) in [5.41, 5.74) is 3.32. The van der Waals surface area contributed by atoms with Crippen LogP contribution in [0.15, 0.2) is 36.4 Å². The number of aryl methyl sites for hydroxylation is 2. The molecule has 0 saturated heterocycles. The van der Waals surface area contributed by atoms with Gasteiger partial charge >= 0.3 is 5.97 Å². The van der Waals surface area contributed by atoms with Gasteiger partial charge in [-0.05, 0) is 55.2 Å². The number of carbonyl (C=O) groups is 1. The van der Waals surface area contributed by atoms with E-state index in [9.17, 15) is 15.0 Å². The van der Waals surface area contributed by atoms with Crippen molar-refractivity contribution in [3.8, 4) is 5.75 Å². The zero-order valence-electron chi connectivity index (χ0n) is 11.9. The molecule has 0 spiro atoms. The van der Waals surface area contributed by atoms with E-state index in [2.05, 4.69) is 0 Å². The van der Waals surface area contributed by atoms with Gasteiger partial charge in [0.25, 0.3) is 0 Å². The normalized spacial score (nSPS) is 12.1. The lowest BCUT2D eigenvalue weighted by atomic mass is 9.88. The molecule has 1 unspecified atom stereocenters. The van der Waals surface area contributed by atoms with Crippen LogP contribution < -0.4 is 0 Å². The largest absolute Gasteiger partial charge is 0.508 e. The van der Waals surface area contributed by atoms with E-state index in [1.165, 1.54) is 6.07 Å². The van der Waals surface area contributed by atoms with Gasteiger partial charge in [0.05, 0.1) is 5.92 Å². The number of phenols is 1. The topological polar surface area (TPSA) is 57.5 Å². The number of aliphatic carboxylic acids is 1. The van der Waals surface area contributed by atoms with Gasteiger partial charge in [0.1, 0.15) is 5.75 Å². The molecule has 21 heavy (non-hydrogen) atoms. The number of benzene rings is 2. The van der Waals surface area contributed by atoms with E-state index in [1.807, 2.05) is 32.0 Å². The van der Waals surface area contributed by atoms with Gasteiger partial charge in [-0.25, -0.2) is 0 Å². The first-order valence-electron chi connectivity index (χ1n) is 6.66. The summed E-state index contributed by atoms with van der Waals surface area (Å²) in [4.78, 5) is 11.6. The van der Waals surface area contributed by atoms with Crippen molar-refractivity contribution in [3.63, 3.8) is 0 Å². The molecule has 0 fully saturated rings. The number of phenolic OH excluding ortho intramolecular Hbond substituents is 1. The minimum absolute atomic E-state index is 0.0652. The van der Waals surface area contributed by atoms with E-state index in [0.29, 0.717) is 10.6 Å². The van der Waals surface area contributed by atoms with E-state index >= 15 is 0 Å². The Kier molecular flexibility index (Phi) is 4.53. The third-order valence-corrected chi connectivity index (χ3v) is 3.80. The van der Waals surface area contributed by atoms with Crippen molar-refractivity contribution in [1.29, 1.82) is 0 Å². The molecule has 2 aromatic carbocycles. The fourth-order valence-corrected chi connectivity index (χ4v) is 2.68. The molecular weight excluding hydrogens is 288 g/mol. The van der Waals surface area contributed by atoms with Gasteiger partial charge in [-0.3, -0.25) is 4.79 Å². The molecule has 3 nitrogen and oxygen atoms in total. The maximum Gasteiger partial charge on any atom is 0.311 e. The molecule has 0 aliphatic rings. The van der Waals surface area contributed by atoms with Gasteiger partial charge in [-0.2, -0.15) is 0 Å². The van der Waals surface area contributed by atoms with Gasteiger partial charge in [-0.1, -0.05) is 35.4 Å². The van der Waals surface area contributed by atoms with Gasteiger partial charge < -0.3 is 10.2 Å². The molecule has 2 aromatic rings. The van der Waals surface area contributed by atoms with Crippen molar-refractivity contribution in [1.82, 2.24) is 0 Å². The van der Waals surface area contributed by atoms with Crippen molar-refractivity contribution < 1.29 is 15.0 Å². The summed E-state index contributed by atoms with van der Waals surface area (Å²) in [5, 5.41) is 19.9. The number of carboxylic acids is 1. The molecule has 0 heterocycles. The highest BCUT2D eigenvalue weighted by Gasteiger charge is 2.23. The zero-order valence-corrected chi connectivity index (χ0v) is 12.7. The van der Waals surface area contributed by atoms with E-state index < -0.39 is 11.9 Å². The zero-order chi connectivity index (χ0) is 15.6. The van der Waals surface area contributed by atoms with Crippen molar-refractivity contribution in [2.75, 3.05) is 0 Å². The molecule has 0 aliphatic heterocycles. The number of rotatable bonds is 4. The summed E-state index contributed by atoms with van der Waals surface area (Å²) in [6.45, 7) is 3.87. The number of hydrogen-bond donors (Lipinski definition) is 2. The van der Waals surface area contributed by atoms with Crippen LogP contribution in [0.25, 0.3) is 0 Å². The Bertz CT molecular complexity index is 680. The molecule has 2 rings (SSSR count). The minimum Gasteiger partial charge on any atom is -0.508 e. The molecule has 0 amide bonds. The summed E-state index contributed by atoms with van der Waals surface area (Å²) in [7, 11) is 0. The fraction of sp³-hybridized carbons (Fsp3) is 0.235. The van der Waals surface area contributed by atoms with Gasteiger partial charge in [0.2, 0.25) is 0 Å². The molecule has 0 saturated carbocycles. The van der Waals surface area contributed by atoms with Crippen LogP contribution in [0, 0.1) is 13.8 Å². The van der Waals surface area contributed by atoms with Crippen molar-refractivity contribution >= 4 is 17.6 Å². The van der Waals surface area contributed by atoms with Gasteiger partial charge in [0, 0.05) is 5.02 Å². The van der Waals surface area contributed by atoms with E-state index in [1.54, 1.807) is 12.1 Å². The maximum absolute atomic E-state index is 11.6. The Labute approximate surface area is 128 Å². The molecule has 4 heteroatoms. The van der Waals surface area contributed by atoms with Crippen molar-refractivity contribution in [3.05, 3.63) is 63.7 Å². The summed E-state index contributed by atoms with van der Waals surface area (Å²) in [6.07, 6.45) is 0.200. The first-order chi connectivity index (χ1) is 9.88. The van der Waals surface area contributed by atoms with Crippen molar-refractivity contribution in [2.24, 2.45) is 0 Å². The smallest absolute Gasteiger partial charge is 0.311 e. The maximum atomic E-state index is 11.6. The minimum atomic E-state index is -0.915. The van der Waals surface area contributed by atoms with Gasteiger partial charge in [0.15, 0.2) is 0 Å². The number of hydrogen-bond acceptors (Lipinski definition) is 2. The van der Waals surface area contributed by atoms with Crippen LogP contribution in [0.3, 0.4) is 0 Å². The van der Waals surface area contributed by atoms with Crippen molar-refractivity contribution in [2.45, 2.75) is 26.2 Å². The Morgan fingerprint density at radius 3 is 2.52 bits per heavy atom. The predicted octanol–water partition coefficient (Wildman–Crippen LogP) is 4.07. The molecule has 0 bridgehead atoms. The number of halogens is 1. The highest BCUT2D eigenvalue weighted by atomic mass is 35.5. The average molecular weight is 305 g/mol. The predicted molar refractivity (Wildman–Crippen MR) is 83.1 cm³/mol. The van der Waals surface area contributed by atoms with Gasteiger partial charge in [-0.15, -0.1) is 0 Å². The van der Waals surface area contributed by atoms with Crippen LogP contribution in [-0.2, 0) is 11.2 Å². The first kappa shape index (κ1) is 15.4. The standard InChI is InChI=1S/C17H17ClO3/c1-10-3-5-14(11(2)7-10)15(17(20)21)9-12-8-13(18)4-6-16(12)19/h3-8,15,19H,9H2,1-2H3,(H,20,21). The lowest BCUT2D eigenvalue weighted by Crippen LogP contribution is -2.16. The molecule has 0 radical (unpaired) electrons. The molecule has 0 aromatic heterocycles. The van der Waals surface area contributed by atoms with E-state index in [4.69, 9.17) is 11.6 Å². The van der Waals surface area contributed by atoms with Crippen LogP contribution in [0.1, 0.15) is 28.2 Å². The monoisotopic (exact) mass is 304 g/mol. The third-order valence-electron chi connectivity index (χ3n) is 3.56. The SMILES string of the molecule is Cc1ccc(C(Cc2cc(Cl)ccc2O)C(=O)O)c(C)c1. The fourth-order valence-electron chi connectivity index (χ4n) is 2.48. The molecule has 2 N–H and O–H groups in total. The first-order valence-corrected chi connectivity index (χ1v) is 7.03. The number of carboxylic acid groups (broad SMARTS) is 1. The van der Waals surface area contributed by atoms with Crippen LogP contribution in [0.2, 0.25) is 5.02 Å². The highest BCUT2D eigenvalue weighted by Crippen LogP contribution is 2.30. The number of aromatic hydroxyl groups is 1. The van der Waals surface area contributed by atoms with Crippen LogP contribution in [-0.4, -0.2) is 16.2 Å². The Hall–Kier alpha value is -2.00. The quantitative estimate of drug-likeness (QED) is 0.895. The lowest BCUT2D eigenvalue weighted by Gasteiger charge is -2.17. The molecule has 110 valence electrons. The summed E-state index contributed by atoms with van der Waals surface area (Å²) in [5.74, 6) is -1.56. The molecule has 1 atom stereocenters. The Balaban J connectivity index is 2.40. The average Bonchev–Trinajstić information content (AvgIpc) is 2.40. The van der Waals surface area contributed by atoms with Crippen LogP contribution in [0.5, 0.6) is 5.75 Å². The summed E-state index contributed by atoms with van der Waals surface area (Å²) in [6, 6.07) is 10.4. The van der Waals surface area contributed by atoms with E-state index in [-0.39, 0.29) is 12.2 Å². The molecular formula is C17H17ClO3. The Morgan fingerprint density at radius 1 is 1.19 bits per heavy atom. The lowest BCUT2D eigenvalue weighted by molar-refractivity contribution is -0.138. The summed E-state index contributed by atoms with van der Waals surface area (Å²) >= 11 is 5.92. The summed E-state index contributed by atoms with van der Waals surface area (Å²) < 4.78 is 0. The van der Waals surface area contributed by atoms with Crippen LogP contribution in [0.4, 0.5) is 0 Å². The third kappa shape index (κ3) is 3.56. The Morgan fingerprint density at radius 2 is 1.90 bits per heavy atom. The highest BCUT2D eigenvalue weighted by molar-refractivity contribution is 6.30. The second-order valence-electron chi connectivity index (χ2n) is 5.23. The van der Waals surface area contributed by atoms with Crippen LogP contribution >= 0.6 is 11.6 Å².